The van der Waals surface area contributed by atoms with Crippen LogP contribution in [-0.2, 0) is 4.79 Å². The van der Waals surface area contributed by atoms with Crippen molar-refractivity contribution in [2.24, 2.45) is 5.41 Å². The van der Waals surface area contributed by atoms with Crippen LogP contribution >= 0.6 is 34.8 Å². The van der Waals surface area contributed by atoms with Crippen LogP contribution in [0.2, 0.25) is 5.02 Å². The van der Waals surface area contributed by atoms with Crippen LogP contribution in [0.4, 0.5) is 11.4 Å². The fourth-order valence-corrected chi connectivity index (χ4v) is 3.24. The first-order chi connectivity index (χ1) is 11.7. The number of para-hydroxylation sites is 2. The van der Waals surface area contributed by atoms with Crippen LogP contribution in [0.3, 0.4) is 0 Å². The number of hydrogen-bond donors (Lipinski definition) is 2. The second-order valence-electron chi connectivity index (χ2n) is 6.17. The summed E-state index contributed by atoms with van der Waals surface area (Å²) in [6.07, 6.45) is 0.383. The molecule has 0 heterocycles. The molecule has 7 heteroatoms. The van der Waals surface area contributed by atoms with E-state index in [2.05, 4.69) is 10.6 Å². The van der Waals surface area contributed by atoms with Gasteiger partial charge in [0.15, 0.2) is 0 Å². The molecule has 3 rings (SSSR count). The minimum atomic E-state index is -1.06. The summed E-state index contributed by atoms with van der Waals surface area (Å²) in [5, 5.41) is 6.12. The summed E-state index contributed by atoms with van der Waals surface area (Å²) in [6.45, 7) is 1.71. The molecule has 2 aromatic carbocycles. The molecule has 25 heavy (non-hydrogen) atoms. The Bertz CT molecular complexity index is 836. The maximum absolute atomic E-state index is 12.5. The van der Waals surface area contributed by atoms with Gasteiger partial charge in [-0.2, -0.15) is 0 Å². The number of carbonyl (C=O) groups is 2. The molecule has 2 N–H and O–H groups in total. The summed E-state index contributed by atoms with van der Waals surface area (Å²) in [4.78, 5) is 24.8. The van der Waals surface area contributed by atoms with E-state index in [-0.39, 0.29) is 11.8 Å². The van der Waals surface area contributed by atoms with Gasteiger partial charge in [-0.3, -0.25) is 9.59 Å². The summed E-state index contributed by atoms with van der Waals surface area (Å²) in [5.41, 5.74) is 0.575. The summed E-state index contributed by atoms with van der Waals surface area (Å²) in [6, 6.07) is 13.4. The van der Waals surface area contributed by atoms with E-state index >= 15 is 0 Å². The van der Waals surface area contributed by atoms with Gasteiger partial charge in [0.1, 0.15) is 4.33 Å². The van der Waals surface area contributed by atoms with Gasteiger partial charge in [-0.05, 0) is 49.7 Å². The van der Waals surface area contributed by atoms with E-state index in [9.17, 15) is 9.59 Å². The number of carbonyl (C=O) groups excluding carboxylic acids is 2. The molecule has 1 fully saturated rings. The Morgan fingerprint density at radius 3 is 2.00 bits per heavy atom. The van der Waals surface area contributed by atoms with Crippen molar-refractivity contribution >= 4 is 58.0 Å². The Morgan fingerprint density at radius 1 is 0.960 bits per heavy atom. The molecular weight excluding hydrogens is 383 g/mol. The minimum Gasteiger partial charge on any atom is -0.324 e. The van der Waals surface area contributed by atoms with E-state index < -0.39 is 9.75 Å². The molecule has 0 aromatic heterocycles. The lowest BCUT2D eigenvalue weighted by Gasteiger charge is -2.16. The number of nitrogens with one attached hydrogen (secondary N) is 2. The third-order valence-corrected chi connectivity index (χ3v) is 5.64. The van der Waals surface area contributed by atoms with Gasteiger partial charge in [0.05, 0.1) is 16.8 Å². The van der Waals surface area contributed by atoms with Crippen LogP contribution in [0.25, 0.3) is 0 Å². The number of rotatable bonds is 4. The van der Waals surface area contributed by atoms with Crippen molar-refractivity contribution in [3.8, 4) is 0 Å². The molecule has 1 unspecified atom stereocenters. The highest BCUT2D eigenvalue weighted by molar-refractivity contribution is 6.53. The van der Waals surface area contributed by atoms with Gasteiger partial charge >= 0.3 is 0 Å². The van der Waals surface area contributed by atoms with Gasteiger partial charge < -0.3 is 10.6 Å². The highest BCUT2D eigenvalue weighted by Crippen LogP contribution is 2.64. The second-order valence-corrected chi connectivity index (χ2v) is 8.09. The van der Waals surface area contributed by atoms with Gasteiger partial charge in [0, 0.05) is 10.6 Å². The number of hydrogen-bond acceptors (Lipinski definition) is 2. The average Bonchev–Trinajstić information content (AvgIpc) is 3.09. The lowest BCUT2D eigenvalue weighted by atomic mass is 10.1. The van der Waals surface area contributed by atoms with Gasteiger partial charge in [-0.1, -0.05) is 23.7 Å². The van der Waals surface area contributed by atoms with Gasteiger partial charge in [-0.25, -0.2) is 0 Å². The first-order valence-corrected chi connectivity index (χ1v) is 8.71. The Morgan fingerprint density at radius 2 is 1.48 bits per heavy atom. The first-order valence-electron chi connectivity index (χ1n) is 7.58. The second kappa shape index (κ2) is 6.52. The molecule has 1 atom stereocenters. The third kappa shape index (κ3) is 3.61. The standard InChI is InChI=1S/C18H15Cl3N2O2/c1-17(10-18(17,20)21)16(25)23-14-5-3-2-4-13(14)22-15(24)11-6-8-12(19)9-7-11/h2-9H,10H2,1H3,(H,22,24)(H,23,25). The average molecular weight is 398 g/mol. The zero-order chi connectivity index (χ0) is 18.2. The number of alkyl halides is 2. The zero-order valence-electron chi connectivity index (χ0n) is 13.3. The van der Waals surface area contributed by atoms with Crippen LogP contribution in [0.15, 0.2) is 48.5 Å². The van der Waals surface area contributed by atoms with Gasteiger partial charge in [0.25, 0.3) is 5.91 Å². The molecule has 4 nitrogen and oxygen atoms in total. The van der Waals surface area contributed by atoms with E-state index in [0.717, 1.165) is 0 Å². The fraction of sp³-hybridized carbons (Fsp3) is 0.222. The summed E-state index contributed by atoms with van der Waals surface area (Å²) >= 11 is 17.9. The highest BCUT2D eigenvalue weighted by Gasteiger charge is 2.67. The van der Waals surface area contributed by atoms with E-state index in [1.807, 2.05) is 0 Å². The van der Waals surface area contributed by atoms with E-state index in [4.69, 9.17) is 34.8 Å². The smallest absolute Gasteiger partial charge is 0.255 e. The van der Waals surface area contributed by atoms with Gasteiger partial charge in [-0.15, -0.1) is 23.2 Å². The lowest BCUT2D eigenvalue weighted by molar-refractivity contribution is -0.120. The number of halogens is 3. The maximum Gasteiger partial charge on any atom is 0.255 e. The Labute approximate surface area is 160 Å². The van der Waals surface area contributed by atoms with Crippen molar-refractivity contribution in [3.63, 3.8) is 0 Å². The zero-order valence-corrected chi connectivity index (χ0v) is 15.5. The van der Waals surface area contributed by atoms with Crippen molar-refractivity contribution in [2.45, 2.75) is 17.7 Å². The lowest BCUT2D eigenvalue weighted by Crippen LogP contribution is -2.26. The molecular formula is C18H15Cl3N2O2. The number of benzene rings is 2. The largest absolute Gasteiger partial charge is 0.324 e. The molecule has 2 amide bonds. The van der Waals surface area contributed by atoms with Crippen LogP contribution in [0.1, 0.15) is 23.7 Å². The van der Waals surface area contributed by atoms with Gasteiger partial charge in [0.2, 0.25) is 5.91 Å². The van der Waals surface area contributed by atoms with Crippen LogP contribution in [-0.4, -0.2) is 16.1 Å². The van der Waals surface area contributed by atoms with Crippen LogP contribution < -0.4 is 10.6 Å². The van der Waals surface area contributed by atoms with Crippen molar-refractivity contribution in [1.82, 2.24) is 0 Å². The monoisotopic (exact) mass is 396 g/mol. The Kier molecular flexibility index (Phi) is 4.71. The molecule has 0 saturated heterocycles. The normalized spacial score (nSPS) is 20.6. The molecule has 1 aliphatic carbocycles. The summed E-state index contributed by atoms with van der Waals surface area (Å²) < 4.78 is -1.06. The fourth-order valence-electron chi connectivity index (χ4n) is 2.40. The SMILES string of the molecule is CC1(C(=O)Nc2ccccc2NC(=O)c2ccc(Cl)cc2)CC1(Cl)Cl. The molecule has 130 valence electrons. The first kappa shape index (κ1) is 18.1. The molecule has 0 aliphatic heterocycles. The summed E-state index contributed by atoms with van der Waals surface area (Å²) in [7, 11) is 0. The molecule has 1 saturated carbocycles. The van der Waals surface area contributed by atoms with Crippen molar-refractivity contribution in [1.29, 1.82) is 0 Å². The topological polar surface area (TPSA) is 58.2 Å². The van der Waals surface area contributed by atoms with Crippen LogP contribution in [0.5, 0.6) is 0 Å². The predicted molar refractivity (Wildman–Crippen MR) is 102 cm³/mol. The highest BCUT2D eigenvalue weighted by atomic mass is 35.5. The summed E-state index contributed by atoms with van der Waals surface area (Å²) in [5.74, 6) is -0.592. The predicted octanol–water partition coefficient (Wildman–Crippen LogP) is 5.11. The molecule has 2 aromatic rings. The number of amides is 2. The molecule has 0 radical (unpaired) electrons. The van der Waals surface area contributed by atoms with E-state index in [0.29, 0.717) is 28.4 Å². The quantitative estimate of drug-likeness (QED) is 0.704. The Hall–Kier alpha value is -1.75. The molecule has 0 spiro atoms. The molecule has 0 bridgehead atoms. The van der Waals surface area contributed by atoms with E-state index in [1.54, 1.807) is 55.5 Å². The van der Waals surface area contributed by atoms with E-state index in [1.165, 1.54) is 0 Å². The Balaban J connectivity index is 1.76. The van der Waals surface area contributed by atoms with Crippen LogP contribution in [0, 0.1) is 5.41 Å². The van der Waals surface area contributed by atoms with Crippen molar-refractivity contribution in [2.75, 3.05) is 10.6 Å². The number of anilines is 2. The molecule has 1 aliphatic rings. The van der Waals surface area contributed by atoms with Crippen molar-refractivity contribution < 1.29 is 9.59 Å². The maximum atomic E-state index is 12.5. The minimum absolute atomic E-state index is 0.286. The van der Waals surface area contributed by atoms with Crippen molar-refractivity contribution in [3.05, 3.63) is 59.1 Å². The third-order valence-electron chi connectivity index (χ3n) is 4.29.